The van der Waals surface area contributed by atoms with Crippen molar-refractivity contribution >= 4 is 24.1 Å². The molecule has 0 radical (unpaired) electrons. The summed E-state index contributed by atoms with van der Waals surface area (Å²) in [5.41, 5.74) is 0.763. The van der Waals surface area contributed by atoms with Crippen LogP contribution in [0.25, 0.3) is 0 Å². The van der Waals surface area contributed by atoms with E-state index in [0.717, 1.165) is 25.0 Å². The molecule has 2 amide bonds. The number of methoxy groups -OCH3 is 1. The zero-order valence-electron chi connectivity index (χ0n) is 18.6. The number of phenols is 1. The van der Waals surface area contributed by atoms with Crippen molar-refractivity contribution in [2.45, 2.75) is 44.6 Å². The van der Waals surface area contributed by atoms with E-state index < -0.39 is 18.6 Å². The van der Waals surface area contributed by atoms with Crippen LogP contribution in [-0.4, -0.2) is 60.0 Å². The number of nitrogens with one attached hydrogen (secondary N) is 3. The van der Waals surface area contributed by atoms with Gasteiger partial charge < -0.3 is 30.0 Å². The lowest BCUT2D eigenvalue weighted by atomic mass is 10.0. The number of H-pyrrole nitrogens is 1. The molecule has 1 fully saturated rings. The fraction of sp³-hybridized carbons (Fsp3) is 0.455. The van der Waals surface area contributed by atoms with Crippen LogP contribution in [0.4, 0.5) is 10.6 Å². The van der Waals surface area contributed by atoms with E-state index in [1.54, 1.807) is 6.07 Å². The molecule has 0 aliphatic heterocycles. The first kappa shape index (κ1) is 23.9. The average Bonchev–Trinajstić information content (AvgIpc) is 3.45. The number of anilines is 1. The first-order chi connectivity index (χ1) is 15.9. The van der Waals surface area contributed by atoms with Gasteiger partial charge in [0, 0.05) is 36.4 Å². The van der Waals surface area contributed by atoms with Crippen LogP contribution in [0.5, 0.6) is 17.2 Å². The second kappa shape index (κ2) is 11.2. The number of alkyl carbamates (subject to hydrolysis) is 1. The van der Waals surface area contributed by atoms with Gasteiger partial charge in [-0.25, -0.2) is 4.79 Å². The van der Waals surface area contributed by atoms with Gasteiger partial charge in [-0.1, -0.05) is 6.92 Å². The molecule has 2 unspecified atom stereocenters. The third-order valence-electron chi connectivity index (χ3n) is 5.29. The molecule has 1 heterocycles. The Labute approximate surface area is 190 Å². The molecule has 0 bridgehead atoms. The van der Waals surface area contributed by atoms with E-state index in [9.17, 15) is 19.5 Å². The van der Waals surface area contributed by atoms with Gasteiger partial charge >= 0.3 is 6.09 Å². The molecular formula is C22H28N4O7. The SMILES string of the molecule is CCCNC(=O)OC1CCC(c2cc(NC(=O)COc3cc(OC)cc(O)c3C=O)n[nH]2)C1. The zero-order chi connectivity index (χ0) is 23.8. The van der Waals surface area contributed by atoms with Crippen LogP contribution in [0.1, 0.15) is 54.6 Å². The number of benzene rings is 1. The summed E-state index contributed by atoms with van der Waals surface area (Å²) in [7, 11) is 1.40. The lowest BCUT2D eigenvalue weighted by molar-refractivity contribution is -0.118. The summed E-state index contributed by atoms with van der Waals surface area (Å²) < 4.78 is 15.9. The van der Waals surface area contributed by atoms with E-state index in [-0.39, 0.29) is 34.8 Å². The number of phenolic OH excluding ortho intramolecular Hbond substituents is 1. The molecule has 1 aliphatic rings. The molecule has 33 heavy (non-hydrogen) atoms. The van der Waals surface area contributed by atoms with Crippen molar-refractivity contribution in [3.63, 3.8) is 0 Å². The highest BCUT2D eigenvalue weighted by Gasteiger charge is 2.30. The van der Waals surface area contributed by atoms with Crippen molar-refractivity contribution in [3.8, 4) is 17.2 Å². The summed E-state index contributed by atoms with van der Waals surface area (Å²) >= 11 is 0. The van der Waals surface area contributed by atoms with Crippen LogP contribution >= 0.6 is 0 Å². The summed E-state index contributed by atoms with van der Waals surface area (Å²) in [4.78, 5) is 35.2. The maximum atomic E-state index is 12.3. The van der Waals surface area contributed by atoms with Gasteiger partial charge in [0.1, 0.15) is 23.4 Å². The van der Waals surface area contributed by atoms with E-state index in [1.165, 1.54) is 19.2 Å². The number of carbonyl (C=O) groups is 3. The maximum Gasteiger partial charge on any atom is 0.407 e. The lowest BCUT2D eigenvalue weighted by Crippen LogP contribution is -2.28. The fourth-order valence-electron chi connectivity index (χ4n) is 3.62. The van der Waals surface area contributed by atoms with Crippen molar-refractivity contribution < 1.29 is 33.7 Å². The number of rotatable bonds is 10. The molecule has 2 aromatic rings. The Morgan fingerprint density at radius 2 is 2.12 bits per heavy atom. The van der Waals surface area contributed by atoms with Crippen LogP contribution in [-0.2, 0) is 9.53 Å². The average molecular weight is 460 g/mol. The second-order valence-electron chi connectivity index (χ2n) is 7.69. The highest BCUT2D eigenvalue weighted by atomic mass is 16.6. The molecule has 0 saturated heterocycles. The van der Waals surface area contributed by atoms with Crippen LogP contribution in [0.3, 0.4) is 0 Å². The number of aromatic hydroxyl groups is 1. The number of hydrogen-bond acceptors (Lipinski definition) is 8. The van der Waals surface area contributed by atoms with Crippen LogP contribution in [0, 0.1) is 0 Å². The summed E-state index contributed by atoms with van der Waals surface area (Å²) in [6.07, 6.45) is 2.98. The molecule has 3 rings (SSSR count). The minimum atomic E-state index is -0.493. The standard InChI is InChI=1S/C22H28N4O7/c1-3-6-23-22(30)33-14-5-4-13(7-14)17-10-20(26-25-17)24-21(29)12-32-19-9-15(31-2)8-18(28)16(19)11-27/h8-11,13-14,28H,3-7,12H2,1-2H3,(H,23,30)(H2,24,25,26,29). The highest BCUT2D eigenvalue weighted by Crippen LogP contribution is 2.36. The fourth-order valence-corrected chi connectivity index (χ4v) is 3.62. The van der Waals surface area contributed by atoms with Gasteiger partial charge in [-0.05, 0) is 25.7 Å². The smallest absolute Gasteiger partial charge is 0.407 e. The Morgan fingerprint density at radius 3 is 2.85 bits per heavy atom. The highest BCUT2D eigenvalue weighted by molar-refractivity contribution is 5.91. The van der Waals surface area contributed by atoms with Gasteiger partial charge in [-0.2, -0.15) is 5.10 Å². The quantitative estimate of drug-likeness (QED) is 0.395. The maximum absolute atomic E-state index is 12.3. The Hall–Kier alpha value is -3.76. The lowest BCUT2D eigenvalue weighted by Gasteiger charge is -2.12. The monoisotopic (exact) mass is 460 g/mol. The molecule has 11 nitrogen and oxygen atoms in total. The van der Waals surface area contributed by atoms with Gasteiger partial charge in [0.15, 0.2) is 18.7 Å². The van der Waals surface area contributed by atoms with Crippen LogP contribution < -0.4 is 20.1 Å². The largest absolute Gasteiger partial charge is 0.507 e. The minimum Gasteiger partial charge on any atom is -0.507 e. The molecule has 1 aliphatic carbocycles. The van der Waals surface area contributed by atoms with E-state index in [1.807, 2.05) is 6.92 Å². The third kappa shape index (κ3) is 6.37. The summed E-state index contributed by atoms with van der Waals surface area (Å²) in [6.45, 7) is 2.15. The summed E-state index contributed by atoms with van der Waals surface area (Å²) in [5.74, 6) is -0.0243. The molecule has 11 heteroatoms. The number of aromatic nitrogens is 2. The Kier molecular flexibility index (Phi) is 8.11. The Morgan fingerprint density at radius 1 is 1.30 bits per heavy atom. The van der Waals surface area contributed by atoms with Gasteiger partial charge in [-0.15, -0.1) is 0 Å². The van der Waals surface area contributed by atoms with Crippen molar-refractivity contribution in [2.24, 2.45) is 0 Å². The number of hydrogen-bond donors (Lipinski definition) is 4. The normalized spacial score (nSPS) is 17.3. The van der Waals surface area contributed by atoms with Crippen LogP contribution in [0.2, 0.25) is 0 Å². The van der Waals surface area contributed by atoms with E-state index in [4.69, 9.17) is 14.2 Å². The second-order valence-corrected chi connectivity index (χ2v) is 7.69. The number of ether oxygens (including phenoxy) is 3. The Balaban J connectivity index is 1.51. The summed E-state index contributed by atoms with van der Waals surface area (Å²) in [5, 5.41) is 22.2. The molecule has 2 atom stereocenters. The molecular weight excluding hydrogens is 432 g/mol. The van der Waals surface area contributed by atoms with Gasteiger partial charge in [0.25, 0.3) is 5.91 Å². The molecule has 1 aromatic heterocycles. The first-order valence-corrected chi connectivity index (χ1v) is 10.7. The minimum absolute atomic E-state index is 0.0275. The van der Waals surface area contributed by atoms with Crippen molar-refractivity contribution in [1.82, 2.24) is 15.5 Å². The van der Waals surface area contributed by atoms with Crippen molar-refractivity contribution in [3.05, 3.63) is 29.5 Å². The van der Waals surface area contributed by atoms with E-state index >= 15 is 0 Å². The van der Waals surface area contributed by atoms with Crippen molar-refractivity contribution in [1.29, 1.82) is 0 Å². The van der Waals surface area contributed by atoms with Crippen molar-refractivity contribution in [2.75, 3.05) is 25.6 Å². The summed E-state index contributed by atoms with van der Waals surface area (Å²) in [6, 6.07) is 4.42. The number of aldehydes is 1. The number of nitrogens with zero attached hydrogens (tertiary/aromatic N) is 1. The topological polar surface area (TPSA) is 152 Å². The third-order valence-corrected chi connectivity index (χ3v) is 5.29. The molecule has 0 spiro atoms. The zero-order valence-corrected chi connectivity index (χ0v) is 18.6. The number of carbonyl (C=O) groups excluding carboxylic acids is 3. The predicted molar refractivity (Wildman–Crippen MR) is 118 cm³/mol. The Bertz CT molecular complexity index is 991. The van der Waals surface area contributed by atoms with Gasteiger partial charge in [0.05, 0.1) is 12.7 Å². The number of aromatic amines is 1. The predicted octanol–water partition coefficient (Wildman–Crippen LogP) is 2.73. The molecule has 178 valence electrons. The molecule has 1 aromatic carbocycles. The van der Waals surface area contributed by atoms with Gasteiger partial charge in [-0.3, -0.25) is 14.7 Å². The van der Waals surface area contributed by atoms with Gasteiger partial charge in [0.2, 0.25) is 0 Å². The molecule has 4 N–H and O–H groups in total. The molecule has 1 saturated carbocycles. The first-order valence-electron chi connectivity index (χ1n) is 10.7. The number of amides is 2. The van der Waals surface area contributed by atoms with E-state index in [2.05, 4.69) is 20.8 Å². The van der Waals surface area contributed by atoms with E-state index in [0.29, 0.717) is 25.1 Å². The van der Waals surface area contributed by atoms with Crippen LogP contribution in [0.15, 0.2) is 18.2 Å².